The van der Waals surface area contributed by atoms with Crippen molar-refractivity contribution in [3.63, 3.8) is 0 Å². The van der Waals surface area contributed by atoms with Gasteiger partial charge in [0.05, 0.1) is 10.9 Å². The molecule has 0 atom stereocenters. The van der Waals surface area contributed by atoms with Crippen molar-refractivity contribution >= 4 is 62.8 Å². The number of nitrogens with one attached hydrogen (secondary N) is 4. The third-order valence-corrected chi connectivity index (χ3v) is 6.37. The number of para-hydroxylation sites is 1. The summed E-state index contributed by atoms with van der Waals surface area (Å²) in [5.41, 5.74) is 5.16. The number of amides is 3. The molecule has 1 heterocycles. The van der Waals surface area contributed by atoms with E-state index < -0.39 is 23.2 Å². The lowest BCUT2D eigenvalue weighted by Gasteiger charge is -2.19. The van der Waals surface area contributed by atoms with Crippen LogP contribution in [0.2, 0.25) is 0 Å². The molecule has 0 unspecified atom stereocenters. The van der Waals surface area contributed by atoms with E-state index in [1.165, 1.54) is 13.8 Å². The van der Waals surface area contributed by atoms with Crippen LogP contribution in [0, 0.1) is 5.41 Å². The zero-order valence-electron chi connectivity index (χ0n) is 22.7. The van der Waals surface area contributed by atoms with Crippen LogP contribution in [0.15, 0.2) is 65.3 Å². The lowest BCUT2D eigenvalue weighted by Crippen LogP contribution is -2.46. The van der Waals surface area contributed by atoms with E-state index in [-0.39, 0.29) is 18.7 Å². The molecule has 1 aromatic heterocycles. The SMILES string of the molecule is CC(C)(C(N)=O)C(=O)NCCCNc1nc(Nc2cccc(NC(=O)CCC(=O)Oc3ccccc3)c2)ncc1Br. The van der Waals surface area contributed by atoms with Crippen molar-refractivity contribution in [3.05, 3.63) is 65.3 Å². The number of carbonyl (C=O) groups is 4. The molecule has 0 radical (unpaired) electrons. The average molecular weight is 627 g/mol. The Morgan fingerprint density at radius 1 is 0.976 bits per heavy atom. The maximum Gasteiger partial charge on any atom is 0.311 e. The van der Waals surface area contributed by atoms with Gasteiger partial charge in [-0.15, -0.1) is 0 Å². The minimum atomic E-state index is -1.28. The van der Waals surface area contributed by atoms with Gasteiger partial charge in [-0.1, -0.05) is 24.3 Å². The first-order valence-electron chi connectivity index (χ1n) is 12.8. The highest BCUT2D eigenvalue weighted by atomic mass is 79.9. The van der Waals surface area contributed by atoms with Gasteiger partial charge in [0.2, 0.25) is 23.7 Å². The number of ether oxygens (including phenoxy) is 1. The predicted molar refractivity (Wildman–Crippen MR) is 158 cm³/mol. The summed E-state index contributed by atoms with van der Waals surface area (Å²) >= 11 is 3.42. The third kappa shape index (κ3) is 9.87. The standard InChI is InChI=1S/C28H32BrN7O5/c1-28(2,25(30)39)26(40)32-15-7-14-31-24-21(29)17-33-27(36-24)35-19-9-6-8-18(16-19)34-22(37)12-13-23(38)41-20-10-4-3-5-11-20/h3-6,8-11,16-17H,7,12-15H2,1-2H3,(H2,30,39)(H,32,40)(H,34,37)(H2,31,33,35,36). The number of anilines is 4. The zero-order valence-corrected chi connectivity index (χ0v) is 24.3. The molecule has 3 amide bonds. The molecule has 0 saturated heterocycles. The summed E-state index contributed by atoms with van der Waals surface area (Å²) in [5.74, 6) is -0.642. The molecular weight excluding hydrogens is 594 g/mol. The third-order valence-electron chi connectivity index (χ3n) is 5.79. The summed E-state index contributed by atoms with van der Waals surface area (Å²) in [7, 11) is 0. The van der Waals surface area contributed by atoms with Crippen LogP contribution in [0.5, 0.6) is 5.75 Å². The molecule has 0 spiro atoms. The van der Waals surface area contributed by atoms with Crippen molar-refractivity contribution in [2.45, 2.75) is 33.1 Å². The van der Waals surface area contributed by atoms with Crippen molar-refractivity contribution in [1.82, 2.24) is 15.3 Å². The number of aromatic nitrogens is 2. The Kier molecular flexibility index (Phi) is 11.2. The Labute approximate surface area is 246 Å². The fraction of sp³-hybridized carbons (Fsp3) is 0.286. The first-order valence-corrected chi connectivity index (χ1v) is 13.6. The van der Waals surface area contributed by atoms with Crippen molar-refractivity contribution in [2.75, 3.05) is 29.0 Å². The van der Waals surface area contributed by atoms with Crippen LogP contribution in [-0.4, -0.2) is 46.7 Å². The maximum absolute atomic E-state index is 12.4. The Morgan fingerprint density at radius 3 is 2.44 bits per heavy atom. The van der Waals surface area contributed by atoms with Crippen molar-refractivity contribution < 1.29 is 23.9 Å². The van der Waals surface area contributed by atoms with E-state index in [9.17, 15) is 19.2 Å². The molecule has 0 aliphatic rings. The fourth-order valence-electron chi connectivity index (χ4n) is 3.30. The molecule has 0 aliphatic carbocycles. The van der Waals surface area contributed by atoms with Crippen LogP contribution in [0.1, 0.15) is 33.1 Å². The van der Waals surface area contributed by atoms with Crippen LogP contribution in [0.3, 0.4) is 0 Å². The minimum absolute atomic E-state index is 0.0270. The first-order chi connectivity index (χ1) is 19.5. The van der Waals surface area contributed by atoms with E-state index in [0.29, 0.717) is 52.9 Å². The van der Waals surface area contributed by atoms with Gasteiger partial charge in [0.1, 0.15) is 17.0 Å². The topological polar surface area (TPSA) is 177 Å². The van der Waals surface area contributed by atoms with Crippen LogP contribution < -0.4 is 31.7 Å². The number of halogens is 1. The molecule has 6 N–H and O–H groups in total. The number of nitrogens with two attached hydrogens (primary N) is 1. The number of esters is 1. The van der Waals surface area contributed by atoms with E-state index >= 15 is 0 Å². The highest BCUT2D eigenvalue weighted by Gasteiger charge is 2.33. The molecular formula is C28H32BrN7O5. The summed E-state index contributed by atoms with van der Waals surface area (Å²) in [6.07, 6.45) is 2.08. The van der Waals surface area contributed by atoms with Crippen LogP contribution in [-0.2, 0) is 19.2 Å². The van der Waals surface area contributed by atoms with Gasteiger partial charge in [-0.05, 0) is 66.5 Å². The zero-order chi connectivity index (χ0) is 29.8. The summed E-state index contributed by atoms with van der Waals surface area (Å²) < 4.78 is 5.85. The Morgan fingerprint density at radius 2 is 1.71 bits per heavy atom. The lowest BCUT2D eigenvalue weighted by atomic mass is 9.91. The van der Waals surface area contributed by atoms with E-state index in [1.807, 2.05) is 6.07 Å². The Bertz CT molecular complexity index is 1390. The molecule has 13 heteroatoms. The number of rotatable bonds is 14. The fourth-order valence-corrected chi connectivity index (χ4v) is 3.63. The van der Waals surface area contributed by atoms with Crippen molar-refractivity contribution in [3.8, 4) is 5.75 Å². The van der Waals surface area contributed by atoms with Crippen LogP contribution in [0.4, 0.5) is 23.1 Å². The van der Waals surface area contributed by atoms with E-state index in [0.717, 1.165) is 0 Å². The second-order valence-corrected chi connectivity index (χ2v) is 10.3. The molecule has 2 aromatic carbocycles. The monoisotopic (exact) mass is 625 g/mol. The molecule has 3 rings (SSSR count). The quantitative estimate of drug-likeness (QED) is 0.0772. The summed E-state index contributed by atoms with van der Waals surface area (Å²) in [4.78, 5) is 56.6. The molecule has 0 fully saturated rings. The molecule has 41 heavy (non-hydrogen) atoms. The second kappa shape index (κ2) is 14.7. The van der Waals surface area contributed by atoms with Gasteiger partial charge in [-0.2, -0.15) is 4.98 Å². The van der Waals surface area contributed by atoms with Crippen molar-refractivity contribution in [1.29, 1.82) is 0 Å². The molecule has 216 valence electrons. The molecule has 3 aromatic rings. The van der Waals surface area contributed by atoms with Gasteiger partial charge >= 0.3 is 5.97 Å². The van der Waals surface area contributed by atoms with E-state index in [2.05, 4.69) is 47.2 Å². The van der Waals surface area contributed by atoms with E-state index in [4.69, 9.17) is 10.5 Å². The van der Waals surface area contributed by atoms with Gasteiger partial charge in [0.25, 0.3) is 0 Å². The van der Waals surface area contributed by atoms with Gasteiger partial charge in [-0.25, -0.2) is 4.98 Å². The Balaban J connectivity index is 1.47. The molecule has 0 aliphatic heterocycles. The minimum Gasteiger partial charge on any atom is -0.427 e. The van der Waals surface area contributed by atoms with Gasteiger partial charge in [-0.3, -0.25) is 19.2 Å². The number of benzene rings is 2. The normalized spacial score (nSPS) is 10.8. The van der Waals surface area contributed by atoms with Gasteiger partial charge in [0, 0.05) is 37.1 Å². The largest absolute Gasteiger partial charge is 0.427 e. The van der Waals surface area contributed by atoms with E-state index in [1.54, 1.807) is 54.7 Å². The van der Waals surface area contributed by atoms with Gasteiger partial charge < -0.3 is 31.7 Å². The highest BCUT2D eigenvalue weighted by molar-refractivity contribution is 9.10. The number of carbonyl (C=O) groups excluding carboxylic acids is 4. The van der Waals surface area contributed by atoms with Gasteiger partial charge in [0.15, 0.2) is 0 Å². The lowest BCUT2D eigenvalue weighted by molar-refractivity contribution is -0.139. The maximum atomic E-state index is 12.4. The summed E-state index contributed by atoms with van der Waals surface area (Å²) in [5, 5.41) is 11.7. The van der Waals surface area contributed by atoms with Crippen molar-refractivity contribution in [2.24, 2.45) is 11.1 Å². The Hall–Kier alpha value is -4.52. The molecule has 0 bridgehead atoms. The number of primary amides is 1. The van der Waals surface area contributed by atoms with Crippen LogP contribution >= 0.6 is 15.9 Å². The molecule has 12 nitrogen and oxygen atoms in total. The average Bonchev–Trinajstić information content (AvgIpc) is 2.94. The number of hydrogen-bond acceptors (Lipinski definition) is 9. The summed E-state index contributed by atoms with van der Waals surface area (Å²) in [6.45, 7) is 3.80. The van der Waals surface area contributed by atoms with Crippen LogP contribution in [0.25, 0.3) is 0 Å². The highest BCUT2D eigenvalue weighted by Crippen LogP contribution is 2.23. The first kappa shape index (κ1) is 31.0. The smallest absolute Gasteiger partial charge is 0.311 e. The number of nitrogens with zero attached hydrogens (tertiary/aromatic N) is 2. The predicted octanol–water partition coefficient (Wildman–Crippen LogP) is 3.74. The number of hydrogen-bond donors (Lipinski definition) is 5. The summed E-state index contributed by atoms with van der Waals surface area (Å²) in [6, 6.07) is 15.7. The molecule has 0 saturated carbocycles. The second-order valence-electron chi connectivity index (χ2n) is 9.46.